The van der Waals surface area contributed by atoms with E-state index in [0.717, 1.165) is 5.69 Å². The van der Waals surface area contributed by atoms with E-state index in [0.29, 0.717) is 15.9 Å². The van der Waals surface area contributed by atoms with Crippen molar-refractivity contribution in [2.24, 2.45) is 0 Å². The zero-order chi connectivity index (χ0) is 10.8. The first-order valence-electron chi connectivity index (χ1n) is 4.26. The number of hydrogen-bond acceptors (Lipinski definition) is 3. The van der Waals surface area contributed by atoms with E-state index in [1.165, 1.54) is 6.39 Å². The van der Waals surface area contributed by atoms with Gasteiger partial charge in [0.2, 0.25) is 5.88 Å². The minimum atomic E-state index is 0. The molecule has 1 aromatic carbocycles. The summed E-state index contributed by atoms with van der Waals surface area (Å²) in [6.45, 7) is 0. The number of halogens is 3. The smallest absolute Gasteiger partial charge is 0.220 e. The van der Waals surface area contributed by atoms with Gasteiger partial charge in [-0.2, -0.15) is 0 Å². The molecule has 0 N–H and O–H groups in total. The second-order valence-electron chi connectivity index (χ2n) is 3.00. The van der Waals surface area contributed by atoms with E-state index in [1.807, 2.05) is 18.0 Å². The van der Waals surface area contributed by atoms with Crippen LogP contribution in [0.15, 0.2) is 35.2 Å². The summed E-state index contributed by atoms with van der Waals surface area (Å²) >= 11 is 11.7. The first kappa shape index (κ1) is 13.2. The van der Waals surface area contributed by atoms with Crippen LogP contribution in [0.1, 0.15) is 0 Å². The number of benzene rings is 1. The molecule has 3 nitrogen and oxygen atoms in total. The van der Waals surface area contributed by atoms with Gasteiger partial charge in [-0.1, -0.05) is 23.2 Å². The fourth-order valence-electron chi connectivity index (χ4n) is 1.20. The summed E-state index contributed by atoms with van der Waals surface area (Å²) < 4.78 is 5.16. The van der Waals surface area contributed by atoms with Crippen LogP contribution in [0.4, 0.5) is 11.6 Å². The second-order valence-corrected chi connectivity index (χ2v) is 3.81. The maximum absolute atomic E-state index is 5.91. The molecule has 0 saturated carbocycles. The molecule has 2 aromatic rings. The second kappa shape index (κ2) is 5.43. The zero-order valence-corrected chi connectivity index (χ0v) is 10.7. The Bertz CT molecular complexity index is 459. The van der Waals surface area contributed by atoms with Gasteiger partial charge in [-0.05, 0) is 18.2 Å². The van der Waals surface area contributed by atoms with E-state index >= 15 is 0 Å². The summed E-state index contributed by atoms with van der Waals surface area (Å²) in [5, 5.41) is 1.05. The third-order valence-electron chi connectivity index (χ3n) is 2.04. The number of oxazole rings is 1. The lowest BCUT2D eigenvalue weighted by atomic mass is 10.3. The molecule has 0 radical (unpaired) electrons. The average Bonchev–Trinajstić information content (AvgIpc) is 2.74. The Morgan fingerprint density at radius 1 is 1.25 bits per heavy atom. The molecule has 6 heteroatoms. The zero-order valence-electron chi connectivity index (χ0n) is 8.35. The first-order chi connectivity index (χ1) is 7.18. The molecule has 0 atom stereocenters. The van der Waals surface area contributed by atoms with Crippen molar-refractivity contribution in [2.75, 3.05) is 11.9 Å². The molecular weight excluding hydrogens is 270 g/mol. The molecule has 1 heterocycles. The SMILES string of the molecule is CN(c1ccc(Cl)c(Cl)c1)c1cnco1.Cl. The minimum Gasteiger partial charge on any atom is -0.428 e. The molecule has 0 spiro atoms. The van der Waals surface area contributed by atoms with Crippen LogP contribution in [0, 0.1) is 0 Å². The van der Waals surface area contributed by atoms with Crippen LogP contribution in [-0.4, -0.2) is 12.0 Å². The summed E-state index contributed by atoms with van der Waals surface area (Å²) in [7, 11) is 1.86. The number of nitrogens with zero attached hydrogens (tertiary/aromatic N) is 2. The Morgan fingerprint density at radius 3 is 2.56 bits per heavy atom. The predicted molar refractivity (Wildman–Crippen MR) is 68.3 cm³/mol. The van der Waals surface area contributed by atoms with Crippen molar-refractivity contribution in [3.05, 3.63) is 40.8 Å². The van der Waals surface area contributed by atoms with E-state index < -0.39 is 0 Å². The van der Waals surface area contributed by atoms with Crippen molar-refractivity contribution in [3.63, 3.8) is 0 Å². The molecule has 0 aliphatic heterocycles. The topological polar surface area (TPSA) is 29.3 Å². The molecule has 1 aromatic heterocycles. The normalized spacial score (nSPS) is 9.69. The molecule has 0 bridgehead atoms. The van der Waals surface area contributed by atoms with Crippen LogP contribution in [0.25, 0.3) is 0 Å². The van der Waals surface area contributed by atoms with Crippen LogP contribution >= 0.6 is 35.6 Å². The van der Waals surface area contributed by atoms with Gasteiger partial charge in [0.25, 0.3) is 0 Å². The van der Waals surface area contributed by atoms with Crippen molar-refractivity contribution < 1.29 is 4.42 Å². The van der Waals surface area contributed by atoms with Gasteiger partial charge in [0.15, 0.2) is 6.39 Å². The molecule has 0 fully saturated rings. The lowest BCUT2D eigenvalue weighted by Gasteiger charge is -2.15. The van der Waals surface area contributed by atoms with E-state index in [9.17, 15) is 0 Å². The fourth-order valence-corrected chi connectivity index (χ4v) is 1.49. The Kier molecular flexibility index (Phi) is 4.47. The Balaban J connectivity index is 0.00000128. The summed E-state index contributed by atoms with van der Waals surface area (Å²) in [5.74, 6) is 0.647. The molecule has 0 amide bonds. The summed E-state index contributed by atoms with van der Waals surface area (Å²) in [6.07, 6.45) is 3.01. The van der Waals surface area contributed by atoms with Crippen LogP contribution in [-0.2, 0) is 0 Å². The standard InChI is InChI=1S/C10H8Cl2N2O.ClH/c1-14(10-5-13-6-15-10)7-2-3-8(11)9(12)4-7;/h2-6H,1H3;1H. The largest absolute Gasteiger partial charge is 0.428 e. The van der Waals surface area contributed by atoms with Gasteiger partial charge in [0, 0.05) is 12.7 Å². The van der Waals surface area contributed by atoms with Gasteiger partial charge >= 0.3 is 0 Å². The van der Waals surface area contributed by atoms with Gasteiger partial charge < -0.3 is 9.32 Å². The van der Waals surface area contributed by atoms with Gasteiger partial charge in [-0.25, -0.2) is 4.98 Å². The average molecular weight is 280 g/mol. The molecule has 0 aliphatic rings. The predicted octanol–water partition coefficient (Wildman–Crippen LogP) is 4.17. The van der Waals surface area contributed by atoms with E-state index in [1.54, 1.807) is 18.3 Å². The van der Waals surface area contributed by atoms with Crippen LogP contribution < -0.4 is 4.90 Å². The molecule has 0 aliphatic carbocycles. The van der Waals surface area contributed by atoms with Crippen molar-refractivity contribution in [3.8, 4) is 0 Å². The highest BCUT2D eigenvalue weighted by Crippen LogP contribution is 2.29. The third-order valence-corrected chi connectivity index (χ3v) is 2.78. The van der Waals surface area contributed by atoms with Crippen molar-refractivity contribution in [1.82, 2.24) is 4.98 Å². The Morgan fingerprint density at radius 2 is 2.00 bits per heavy atom. The van der Waals surface area contributed by atoms with Gasteiger partial charge in [0.1, 0.15) is 0 Å². The highest BCUT2D eigenvalue weighted by molar-refractivity contribution is 6.42. The first-order valence-corrected chi connectivity index (χ1v) is 5.01. The molecule has 0 saturated heterocycles. The number of hydrogen-bond donors (Lipinski definition) is 0. The Hall–Kier alpha value is -0.900. The Labute approximate surface area is 109 Å². The molecule has 16 heavy (non-hydrogen) atoms. The molecular formula is C10H9Cl3N2O. The van der Waals surface area contributed by atoms with Crippen molar-refractivity contribution in [2.45, 2.75) is 0 Å². The van der Waals surface area contributed by atoms with Crippen LogP contribution in [0.5, 0.6) is 0 Å². The maximum atomic E-state index is 5.91. The highest BCUT2D eigenvalue weighted by Gasteiger charge is 2.08. The van der Waals surface area contributed by atoms with Crippen molar-refractivity contribution in [1.29, 1.82) is 0 Å². The number of aromatic nitrogens is 1. The van der Waals surface area contributed by atoms with E-state index in [4.69, 9.17) is 27.6 Å². The fraction of sp³-hybridized carbons (Fsp3) is 0.100. The number of rotatable bonds is 2. The minimum absolute atomic E-state index is 0. The molecule has 0 unspecified atom stereocenters. The van der Waals surface area contributed by atoms with E-state index in [-0.39, 0.29) is 12.4 Å². The lowest BCUT2D eigenvalue weighted by Crippen LogP contribution is -2.08. The molecule has 86 valence electrons. The van der Waals surface area contributed by atoms with Crippen LogP contribution in [0.2, 0.25) is 10.0 Å². The maximum Gasteiger partial charge on any atom is 0.220 e. The summed E-state index contributed by atoms with van der Waals surface area (Å²) in [4.78, 5) is 5.67. The number of anilines is 2. The monoisotopic (exact) mass is 278 g/mol. The van der Waals surface area contributed by atoms with Crippen LogP contribution in [0.3, 0.4) is 0 Å². The molecule has 2 rings (SSSR count). The highest BCUT2D eigenvalue weighted by atomic mass is 35.5. The quantitative estimate of drug-likeness (QED) is 0.826. The van der Waals surface area contributed by atoms with E-state index in [2.05, 4.69) is 4.98 Å². The summed E-state index contributed by atoms with van der Waals surface area (Å²) in [5.41, 5.74) is 0.890. The summed E-state index contributed by atoms with van der Waals surface area (Å²) in [6, 6.07) is 5.37. The third kappa shape index (κ3) is 2.61. The lowest BCUT2D eigenvalue weighted by molar-refractivity contribution is 0.560. The van der Waals surface area contributed by atoms with Gasteiger partial charge in [0.05, 0.1) is 16.2 Å². The van der Waals surface area contributed by atoms with Crippen molar-refractivity contribution >= 4 is 47.2 Å². The van der Waals surface area contributed by atoms with Gasteiger partial charge in [-0.3, -0.25) is 0 Å². The van der Waals surface area contributed by atoms with Gasteiger partial charge in [-0.15, -0.1) is 12.4 Å².